The minimum Gasteiger partial charge on any atom is -0.364 e. The summed E-state index contributed by atoms with van der Waals surface area (Å²) in [6.07, 6.45) is 0. The molecule has 1 unspecified atom stereocenters. The molecule has 0 spiro atoms. The molecule has 116 valence electrons. The second-order valence-corrected chi connectivity index (χ2v) is 7.23. The van der Waals surface area contributed by atoms with Crippen molar-refractivity contribution in [3.8, 4) is 0 Å². The highest BCUT2D eigenvalue weighted by atomic mass is 32.2. The highest BCUT2D eigenvalue weighted by Crippen LogP contribution is 2.16. The minimum atomic E-state index is -1.11. The van der Waals surface area contributed by atoms with Gasteiger partial charge in [0.1, 0.15) is 4.99 Å². The molecule has 1 atom stereocenters. The number of fused-ring (bicyclic) bond motifs is 1. The van der Waals surface area contributed by atoms with Gasteiger partial charge in [-0.25, -0.2) is 0 Å². The van der Waals surface area contributed by atoms with Crippen LogP contribution in [0.25, 0.3) is 10.8 Å². The first kappa shape index (κ1) is 15.8. The molecule has 3 aromatic carbocycles. The predicted molar refractivity (Wildman–Crippen MR) is 101 cm³/mol. The van der Waals surface area contributed by atoms with E-state index in [0.717, 1.165) is 21.4 Å². The van der Waals surface area contributed by atoms with E-state index in [1.165, 1.54) is 5.39 Å². The Morgan fingerprint density at radius 3 is 2.43 bits per heavy atom. The first-order valence-corrected chi connectivity index (χ1v) is 9.08. The van der Waals surface area contributed by atoms with E-state index >= 15 is 0 Å². The smallest absolute Gasteiger partial charge is 0.107 e. The summed E-state index contributed by atoms with van der Waals surface area (Å²) in [5.41, 5.74) is 2.10. The van der Waals surface area contributed by atoms with Crippen LogP contribution >= 0.6 is 12.2 Å². The standard InChI is InChI=1S/C19H17NOS2/c1-14-6-10-18(11-7-14)23(21)13-20-19(22)17-9-8-15-4-2-3-5-16(15)12-17/h2-12H,13H2,1H3,(H,20,22). The molecule has 0 amide bonds. The van der Waals surface area contributed by atoms with Crippen molar-refractivity contribution < 1.29 is 4.21 Å². The molecule has 1 N–H and O–H groups in total. The van der Waals surface area contributed by atoms with Gasteiger partial charge in [-0.3, -0.25) is 4.21 Å². The van der Waals surface area contributed by atoms with Crippen LogP contribution in [0.4, 0.5) is 0 Å². The van der Waals surface area contributed by atoms with Crippen LogP contribution in [0.3, 0.4) is 0 Å². The van der Waals surface area contributed by atoms with Crippen molar-refractivity contribution in [3.05, 3.63) is 77.9 Å². The van der Waals surface area contributed by atoms with E-state index in [4.69, 9.17) is 12.2 Å². The normalized spacial score (nSPS) is 12.0. The third-order valence-electron chi connectivity index (χ3n) is 3.66. The van der Waals surface area contributed by atoms with Gasteiger partial charge in [-0.15, -0.1) is 0 Å². The van der Waals surface area contributed by atoms with Crippen LogP contribution < -0.4 is 5.32 Å². The lowest BCUT2D eigenvalue weighted by Crippen LogP contribution is -2.26. The van der Waals surface area contributed by atoms with Gasteiger partial charge in [-0.1, -0.05) is 66.3 Å². The molecule has 2 nitrogen and oxygen atoms in total. The SMILES string of the molecule is Cc1ccc(S(=O)CNC(=S)c2ccc3ccccc3c2)cc1. The van der Waals surface area contributed by atoms with Crippen LogP contribution in [0, 0.1) is 6.92 Å². The summed E-state index contributed by atoms with van der Waals surface area (Å²) in [5.74, 6) is 0.314. The summed E-state index contributed by atoms with van der Waals surface area (Å²) < 4.78 is 12.3. The van der Waals surface area contributed by atoms with Crippen molar-refractivity contribution in [2.75, 3.05) is 5.88 Å². The molecular formula is C19H17NOS2. The number of aryl methyl sites for hydroxylation is 1. The summed E-state index contributed by atoms with van der Waals surface area (Å²) >= 11 is 5.43. The summed E-state index contributed by atoms with van der Waals surface area (Å²) in [6.45, 7) is 2.01. The van der Waals surface area contributed by atoms with Gasteiger partial charge in [0.05, 0.1) is 16.7 Å². The van der Waals surface area contributed by atoms with Crippen molar-refractivity contribution in [1.29, 1.82) is 0 Å². The van der Waals surface area contributed by atoms with E-state index in [-0.39, 0.29) is 0 Å². The quantitative estimate of drug-likeness (QED) is 0.723. The summed E-state index contributed by atoms with van der Waals surface area (Å²) in [7, 11) is -1.11. The number of rotatable bonds is 4. The maximum absolute atomic E-state index is 12.3. The zero-order valence-corrected chi connectivity index (χ0v) is 14.4. The molecule has 0 aliphatic rings. The molecule has 3 aromatic rings. The third kappa shape index (κ3) is 3.84. The Balaban J connectivity index is 1.68. The van der Waals surface area contributed by atoms with Crippen LogP contribution in [0.15, 0.2) is 71.6 Å². The van der Waals surface area contributed by atoms with Gasteiger partial charge >= 0.3 is 0 Å². The summed E-state index contributed by atoms with van der Waals surface area (Å²) in [5, 5.41) is 5.44. The Morgan fingerprint density at radius 1 is 1.00 bits per heavy atom. The Hall–Kier alpha value is -2.04. The van der Waals surface area contributed by atoms with Crippen LogP contribution in [0.2, 0.25) is 0 Å². The van der Waals surface area contributed by atoms with Gasteiger partial charge in [-0.05, 0) is 35.9 Å². The van der Waals surface area contributed by atoms with E-state index < -0.39 is 10.8 Å². The average Bonchev–Trinajstić information content (AvgIpc) is 2.59. The minimum absolute atomic E-state index is 0.314. The molecule has 0 aliphatic carbocycles. The van der Waals surface area contributed by atoms with Gasteiger partial charge in [0.15, 0.2) is 0 Å². The molecule has 0 saturated heterocycles. The topological polar surface area (TPSA) is 29.1 Å². The molecule has 0 fully saturated rings. The Labute approximate surface area is 144 Å². The fourth-order valence-corrected chi connectivity index (χ4v) is 3.51. The lowest BCUT2D eigenvalue weighted by Gasteiger charge is -2.09. The maximum Gasteiger partial charge on any atom is 0.107 e. The monoisotopic (exact) mass is 339 g/mol. The molecular weight excluding hydrogens is 322 g/mol. The number of nitrogens with one attached hydrogen (secondary N) is 1. The zero-order valence-electron chi connectivity index (χ0n) is 12.8. The van der Waals surface area contributed by atoms with Crippen molar-refractivity contribution in [2.45, 2.75) is 11.8 Å². The zero-order chi connectivity index (χ0) is 16.2. The van der Waals surface area contributed by atoms with Crippen molar-refractivity contribution in [1.82, 2.24) is 5.32 Å². The van der Waals surface area contributed by atoms with E-state index in [1.54, 1.807) is 0 Å². The van der Waals surface area contributed by atoms with Gasteiger partial charge in [0.2, 0.25) is 0 Å². The molecule has 0 radical (unpaired) electrons. The fourth-order valence-electron chi connectivity index (χ4n) is 2.34. The van der Waals surface area contributed by atoms with E-state index in [1.807, 2.05) is 49.4 Å². The molecule has 3 rings (SSSR count). The predicted octanol–water partition coefficient (Wildman–Crippen LogP) is 4.18. The number of hydrogen-bond acceptors (Lipinski definition) is 2. The van der Waals surface area contributed by atoms with Crippen LogP contribution in [-0.4, -0.2) is 15.1 Å². The molecule has 0 bridgehead atoms. The van der Waals surface area contributed by atoms with Crippen LogP contribution in [0.1, 0.15) is 11.1 Å². The van der Waals surface area contributed by atoms with E-state index in [9.17, 15) is 4.21 Å². The lowest BCUT2D eigenvalue weighted by molar-refractivity contribution is 0.681. The molecule has 23 heavy (non-hydrogen) atoms. The molecule has 0 aromatic heterocycles. The summed E-state index contributed by atoms with van der Waals surface area (Å²) in [6, 6.07) is 22.0. The van der Waals surface area contributed by atoms with E-state index in [0.29, 0.717) is 10.9 Å². The Morgan fingerprint density at radius 2 is 1.70 bits per heavy atom. The number of thiocarbonyl (C=S) groups is 1. The summed E-state index contributed by atoms with van der Waals surface area (Å²) in [4.78, 5) is 1.43. The molecule has 0 heterocycles. The fraction of sp³-hybridized carbons (Fsp3) is 0.105. The van der Waals surface area contributed by atoms with Crippen molar-refractivity contribution in [2.24, 2.45) is 0 Å². The largest absolute Gasteiger partial charge is 0.364 e. The maximum atomic E-state index is 12.3. The van der Waals surface area contributed by atoms with E-state index in [2.05, 4.69) is 29.6 Å². The lowest BCUT2D eigenvalue weighted by atomic mass is 10.1. The van der Waals surface area contributed by atoms with Crippen LogP contribution in [-0.2, 0) is 10.8 Å². The van der Waals surface area contributed by atoms with Gasteiger partial charge in [0, 0.05) is 10.5 Å². The number of hydrogen-bond donors (Lipinski definition) is 1. The van der Waals surface area contributed by atoms with Gasteiger partial charge in [-0.2, -0.15) is 0 Å². The molecule has 0 aliphatic heterocycles. The van der Waals surface area contributed by atoms with Crippen molar-refractivity contribution in [3.63, 3.8) is 0 Å². The molecule has 0 saturated carbocycles. The van der Waals surface area contributed by atoms with Gasteiger partial charge < -0.3 is 5.32 Å². The highest BCUT2D eigenvalue weighted by Gasteiger charge is 2.06. The average molecular weight is 339 g/mol. The Kier molecular flexibility index (Phi) is 4.84. The second-order valence-electron chi connectivity index (χ2n) is 5.37. The van der Waals surface area contributed by atoms with Crippen LogP contribution in [0.5, 0.6) is 0 Å². The van der Waals surface area contributed by atoms with Crippen molar-refractivity contribution >= 4 is 38.8 Å². The highest BCUT2D eigenvalue weighted by molar-refractivity contribution is 7.85. The third-order valence-corrected chi connectivity index (χ3v) is 5.24. The van der Waals surface area contributed by atoms with Gasteiger partial charge in [0.25, 0.3) is 0 Å². The first-order chi connectivity index (χ1) is 11.1. The number of benzene rings is 3. The Bertz CT molecular complexity index is 872. The second kappa shape index (κ2) is 7.02. The molecule has 4 heteroatoms. The first-order valence-electron chi connectivity index (χ1n) is 7.35.